The highest BCUT2D eigenvalue weighted by atomic mass is 32.1. The van der Waals surface area contributed by atoms with E-state index in [4.69, 9.17) is 5.73 Å². The minimum absolute atomic E-state index is 0.0985. The van der Waals surface area contributed by atoms with Gasteiger partial charge >= 0.3 is 5.97 Å². The highest BCUT2D eigenvalue weighted by molar-refractivity contribution is 7.09. The van der Waals surface area contributed by atoms with Crippen molar-refractivity contribution in [1.82, 2.24) is 4.98 Å². The lowest BCUT2D eigenvalue weighted by molar-refractivity contribution is -0.141. The van der Waals surface area contributed by atoms with Crippen LogP contribution < -0.4 is 5.73 Å². The molecule has 0 amide bonds. The SMILES string of the molecule is COC(=O)CC(c1nc(C)cs1)C(C)(C)N. The molecular formula is C11H18N2O2S. The van der Waals surface area contributed by atoms with E-state index in [9.17, 15) is 4.79 Å². The fraction of sp³-hybridized carbons (Fsp3) is 0.636. The van der Waals surface area contributed by atoms with Crippen LogP contribution >= 0.6 is 11.3 Å². The summed E-state index contributed by atoms with van der Waals surface area (Å²) < 4.78 is 4.69. The highest BCUT2D eigenvalue weighted by Gasteiger charge is 2.31. The van der Waals surface area contributed by atoms with Crippen LogP contribution in [0.1, 0.15) is 36.9 Å². The number of methoxy groups -OCH3 is 1. The Labute approximate surface area is 99.8 Å². The van der Waals surface area contributed by atoms with Crippen molar-refractivity contribution in [2.24, 2.45) is 5.73 Å². The number of carbonyl (C=O) groups is 1. The maximum absolute atomic E-state index is 11.3. The Balaban J connectivity index is 2.92. The van der Waals surface area contributed by atoms with E-state index in [0.29, 0.717) is 0 Å². The molecule has 0 fully saturated rings. The van der Waals surface area contributed by atoms with Gasteiger partial charge in [-0.1, -0.05) is 0 Å². The second kappa shape index (κ2) is 4.93. The Morgan fingerprint density at radius 1 is 1.69 bits per heavy atom. The van der Waals surface area contributed by atoms with Crippen LogP contribution in [0.3, 0.4) is 0 Å². The molecule has 1 unspecified atom stereocenters. The smallest absolute Gasteiger partial charge is 0.306 e. The first kappa shape index (κ1) is 13.1. The normalized spacial score (nSPS) is 13.6. The number of rotatable bonds is 4. The minimum atomic E-state index is -0.488. The highest BCUT2D eigenvalue weighted by Crippen LogP contribution is 2.31. The summed E-state index contributed by atoms with van der Waals surface area (Å²) in [6.07, 6.45) is 0.271. The molecule has 0 saturated carbocycles. The number of thiazole rings is 1. The van der Waals surface area contributed by atoms with Gasteiger partial charge in [-0.05, 0) is 20.8 Å². The van der Waals surface area contributed by atoms with Crippen molar-refractivity contribution in [2.45, 2.75) is 38.6 Å². The summed E-state index contributed by atoms with van der Waals surface area (Å²) in [5, 5.41) is 2.86. The molecule has 4 nitrogen and oxygen atoms in total. The van der Waals surface area contributed by atoms with Crippen LogP contribution in [0, 0.1) is 6.92 Å². The fourth-order valence-electron chi connectivity index (χ4n) is 1.45. The molecule has 0 aliphatic rings. The standard InChI is InChI=1S/C11H18N2O2S/c1-7-6-16-10(13-7)8(11(2,3)12)5-9(14)15-4/h6,8H,5,12H2,1-4H3. The summed E-state index contributed by atoms with van der Waals surface area (Å²) >= 11 is 1.54. The molecule has 0 saturated heterocycles. The van der Waals surface area contributed by atoms with E-state index in [0.717, 1.165) is 10.7 Å². The second-order valence-corrected chi connectivity index (χ2v) is 5.37. The van der Waals surface area contributed by atoms with Gasteiger partial charge in [-0.3, -0.25) is 4.79 Å². The molecule has 0 aromatic carbocycles. The first-order valence-electron chi connectivity index (χ1n) is 5.12. The van der Waals surface area contributed by atoms with Crippen LogP contribution in [0.5, 0.6) is 0 Å². The third-order valence-corrected chi connectivity index (χ3v) is 3.51. The van der Waals surface area contributed by atoms with Crippen LogP contribution in [0.4, 0.5) is 0 Å². The number of hydrogen-bond acceptors (Lipinski definition) is 5. The maximum atomic E-state index is 11.3. The van der Waals surface area contributed by atoms with Gasteiger partial charge in [0.25, 0.3) is 0 Å². The third-order valence-electron chi connectivity index (χ3n) is 2.43. The first-order chi connectivity index (χ1) is 7.34. The fourth-order valence-corrected chi connectivity index (χ4v) is 2.54. The van der Waals surface area contributed by atoms with Gasteiger partial charge in [0.1, 0.15) is 0 Å². The van der Waals surface area contributed by atoms with E-state index in [-0.39, 0.29) is 18.3 Å². The van der Waals surface area contributed by atoms with Gasteiger partial charge in [-0.2, -0.15) is 0 Å². The van der Waals surface area contributed by atoms with Crippen molar-refractivity contribution in [2.75, 3.05) is 7.11 Å². The van der Waals surface area contributed by atoms with Crippen molar-refractivity contribution >= 4 is 17.3 Å². The van der Waals surface area contributed by atoms with E-state index < -0.39 is 5.54 Å². The molecule has 0 aliphatic heterocycles. The zero-order valence-corrected chi connectivity index (χ0v) is 10.9. The van der Waals surface area contributed by atoms with E-state index in [1.54, 1.807) is 0 Å². The van der Waals surface area contributed by atoms with E-state index in [1.165, 1.54) is 18.4 Å². The van der Waals surface area contributed by atoms with E-state index in [2.05, 4.69) is 9.72 Å². The molecule has 1 rings (SSSR count). The monoisotopic (exact) mass is 242 g/mol. The zero-order chi connectivity index (χ0) is 12.3. The average Bonchev–Trinajstić information content (AvgIpc) is 2.58. The molecular weight excluding hydrogens is 224 g/mol. The molecule has 1 atom stereocenters. The molecule has 0 bridgehead atoms. The Morgan fingerprint density at radius 2 is 2.31 bits per heavy atom. The molecule has 2 N–H and O–H groups in total. The lowest BCUT2D eigenvalue weighted by Gasteiger charge is -2.28. The summed E-state index contributed by atoms with van der Waals surface area (Å²) in [7, 11) is 1.38. The molecule has 90 valence electrons. The number of nitrogens with two attached hydrogens (primary N) is 1. The van der Waals surface area contributed by atoms with Crippen LogP contribution in [0.15, 0.2) is 5.38 Å². The van der Waals surface area contributed by atoms with Gasteiger partial charge in [0.15, 0.2) is 0 Å². The quantitative estimate of drug-likeness (QED) is 0.818. The number of ether oxygens (including phenoxy) is 1. The van der Waals surface area contributed by atoms with Crippen LogP contribution in [-0.2, 0) is 9.53 Å². The van der Waals surface area contributed by atoms with Gasteiger partial charge in [-0.25, -0.2) is 4.98 Å². The molecule has 0 aliphatic carbocycles. The average molecular weight is 242 g/mol. The van der Waals surface area contributed by atoms with Crippen LogP contribution in [-0.4, -0.2) is 23.6 Å². The van der Waals surface area contributed by atoms with Crippen molar-refractivity contribution in [1.29, 1.82) is 0 Å². The zero-order valence-electron chi connectivity index (χ0n) is 10.1. The molecule has 16 heavy (non-hydrogen) atoms. The van der Waals surface area contributed by atoms with Gasteiger partial charge in [-0.15, -0.1) is 11.3 Å². The molecule has 0 radical (unpaired) electrons. The Morgan fingerprint density at radius 3 is 2.69 bits per heavy atom. The number of nitrogens with zero attached hydrogens (tertiary/aromatic N) is 1. The van der Waals surface area contributed by atoms with Crippen molar-refractivity contribution in [3.8, 4) is 0 Å². The van der Waals surface area contributed by atoms with Gasteiger partial charge in [0, 0.05) is 22.5 Å². The van der Waals surface area contributed by atoms with Crippen molar-refractivity contribution < 1.29 is 9.53 Å². The Bertz CT molecular complexity index is 368. The lowest BCUT2D eigenvalue weighted by atomic mass is 9.86. The lowest BCUT2D eigenvalue weighted by Crippen LogP contribution is -2.40. The molecule has 1 aromatic rings. The van der Waals surface area contributed by atoms with Gasteiger partial charge < -0.3 is 10.5 Å². The number of aryl methyl sites for hydroxylation is 1. The summed E-state index contributed by atoms with van der Waals surface area (Å²) in [6, 6.07) is 0. The van der Waals surface area contributed by atoms with Crippen LogP contribution in [0.25, 0.3) is 0 Å². The molecule has 0 spiro atoms. The number of aromatic nitrogens is 1. The molecule has 5 heteroatoms. The Kier molecular flexibility index (Phi) is 4.04. The number of esters is 1. The van der Waals surface area contributed by atoms with Gasteiger partial charge in [0.05, 0.1) is 18.5 Å². The largest absolute Gasteiger partial charge is 0.469 e. The van der Waals surface area contributed by atoms with Crippen LogP contribution in [0.2, 0.25) is 0 Å². The van der Waals surface area contributed by atoms with E-state index in [1.807, 2.05) is 26.2 Å². The predicted molar refractivity (Wildman–Crippen MR) is 64.5 cm³/mol. The molecule has 1 aromatic heterocycles. The van der Waals surface area contributed by atoms with Crippen molar-refractivity contribution in [3.05, 3.63) is 16.1 Å². The number of hydrogen-bond donors (Lipinski definition) is 1. The minimum Gasteiger partial charge on any atom is -0.469 e. The summed E-state index contributed by atoms with van der Waals surface area (Å²) in [6.45, 7) is 5.73. The summed E-state index contributed by atoms with van der Waals surface area (Å²) in [5.41, 5.74) is 6.55. The first-order valence-corrected chi connectivity index (χ1v) is 6.00. The van der Waals surface area contributed by atoms with Crippen molar-refractivity contribution in [3.63, 3.8) is 0 Å². The molecule has 1 heterocycles. The van der Waals surface area contributed by atoms with Gasteiger partial charge in [0.2, 0.25) is 0 Å². The number of carbonyl (C=O) groups excluding carboxylic acids is 1. The topological polar surface area (TPSA) is 65.2 Å². The third kappa shape index (κ3) is 3.28. The Hall–Kier alpha value is -0.940. The predicted octanol–water partition coefficient (Wildman–Crippen LogP) is 1.84. The maximum Gasteiger partial charge on any atom is 0.306 e. The van der Waals surface area contributed by atoms with E-state index >= 15 is 0 Å². The summed E-state index contributed by atoms with van der Waals surface area (Å²) in [5.74, 6) is -0.352. The summed E-state index contributed by atoms with van der Waals surface area (Å²) in [4.78, 5) is 15.7. The second-order valence-electron chi connectivity index (χ2n) is 4.48.